The standard InChI is InChI=1S/C15H20N4O/c1-11-13(10-19(18-11)15(2,3)4)14(20)17-16-12-8-6-5-7-9-12/h5-10,16H,1-4H3,(H,17,20). The summed E-state index contributed by atoms with van der Waals surface area (Å²) in [4.78, 5) is 12.2. The average Bonchev–Trinajstić information content (AvgIpc) is 2.79. The molecular weight excluding hydrogens is 252 g/mol. The maximum atomic E-state index is 12.2. The fourth-order valence-corrected chi connectivity index (χ4v) is 1.74. The molecule has 0 unspecified atom stereocenters. The van der Waals surface area contributed by atoms with Crippen LogP contribution < -0.4 is 10.9 Å². The van der Waals surface area contributed by atoms with Gasteiger partial charge in [-0.05, 0) is 39.8 Å². The Bertz CT molecular complexity index is 596. The third-order valence-electron chi connectivity index (χ3n) is 2.92. The summed E-state index contributed by atoms with van der Waals surface area (Å²) in [5.41, 5.74) is 7.54. The second-order valence-corrected chi connectivity index (χ2v) is 5.69. The SMILES string of the molecule is Cc1nn(C(C)(C)C)cc1C(=O)NNc1ccccc1. The van der Waals surface area contributed by atoms with E-state index in [1.165, 1.54) is 0 Å². The molecule has 2 N–H and O–H groups in total. The monoisotopic (exact) mass is 272 g/mol. The number of benzene rings is 1. The Morgan fingerprint density at radius 1 is 1.20 bits per heavy atom. The summed E-state index contributed by atoms with van der Waals surface area (Å²) >= 11 is 0. The van der Waals surface area contributed by atoms with Crippen molar-refractivity contribution in [3.05, 3.63) is 47.8 Å². The lowest BCUT2D eigenvalue weighted by Crippen LogP contribution is -2.29. The summed E-state index contributed by atoms with van der Waals surface area (Å²) in [6.45, 7) is 7.97. The normalized spacial score (nSPS) is 11.2. The Hall–Kier alpha value is -2.30. The number of nitrogens with zero attached hydrogens (tertiary/aromatic N) is 2. The number of para-hydroxylation sites is 1. The minimum atomic E-state index is -0.193. The van der Waals surface area contributed by atoms with E-state index < -0.39 is 0 Å². The molecule has 0 bridgehead atoms. The van der Waals surface area contributed by atoms with Gasteiger partial charge in [0.2, 0.25) is 0 Å². The lowest BCUT2D eigenvalue weighted by atomic mass is 10.1. The highest BCUT2D eigenvalue weighted by atomic mass is 16.2. The summed E-state index contributed by atoms with van der Waals surface area (Å²) in [6.07, 6.45) is 1.78. The van der Waals surface area contributed by atoms with Crippen LogP contribution in [0.1, 0.15) is 36.8 Å². The first-order valence-corrected chi connectivity index (χ1v) is 6.56. The van der Waals surface area contributed by atoms with E-state index in [0.29, 0.717) is 11.3 Å². The smallest absolute Gasteiger partial charge is 0.273 e. The van der Waals surface area contributed by atoms with Crippen molar-refractivity contribution in [1.82, 2.24) is 15.2 Å². The number of aromatic nitrogens is 2. The summed E-state index contributed by atoms with van der Waals surface area (Å²) in [7, 11) is 0. The lowest BCUT2D eigenvalue weighted by molar-refractivity contribution is 0.0962. The molecule has 0 radical (unpaired) electrons. The van der Waals surface area contributed by atoms with E-state index in [-0.39, 0.29) is 11.4 Å². The van der Waals surface area contributed by atoms with Gasteiger partial charge in [-0.25, -0.2) is 0 Å². The average molecular weight is 272 g/mol. The fourth-order valence-electron chi connectivity index (χ4n) is 1.74. The predicted molar refractivity (Wildman–Crippen MR) is 79.5 cm³/mol. The molecule has 0 saturated heterocycles. The van der Waals surface area contributed by atoms with Crippen molar-refractivity contribution in [3.8, 4) is 0 Å². The highest BCUT2D eigenvalue weighted by molar-refractivity contribution is 5.95. The van der Waals surface area contributed by atoms with Gasteiger partial charge in [-0.3, -0.25) is 20.3 Å². The largest absolute Gasteiger partial charge is 0.298 e. The van der Waals surface area contributed by atoms with Crippen LogP contribution in [-0.2, 0) is 5.54 Å². The van der Waals surface area contributed by atoms with Gasteiger partial charge in [0, 0.05) is 6.20 Å². The molecule has 0 fully saturated rings. The lowest BCUT2D eigenvalue weighted by Gasteiger charge is -2.18. The van der Waals surface area contributed by atoms with Crippen LogP contribution in [0.4, 0.5) is 5.69 Å². The van der Waals surface area contributed by atoms with Gasteiger partial charge in [-0.15, -0.1) is 0 Å². The zero-order valence-corrected chi connectivity index (χ0v) is 12.3. The number of carbonyl (C=O) groups excluding carboxylic acids is 1. The highest BCUT2D eigenvalue weighted by Crippen LogP contribution is 2.16. The zero-order valence-electron chi connectivity index (χ0n) is 12.3. The molecule has 1 amide bonds. The fraction of sp³-hybridized carbons (Fsp3) is 0.333. The van der Waals surface area contributed by atoms with Crippen molar-refractivity contribution in [1.29, 1.82) is 0 Å². The molecule has 0 atom stereocenters. The predicted octanol–water partition coefficient (Wildman–Crippen LogP) is 2.70. The van der Waals surface area contributed by atoms with Gasteiger partial charge in [0.05, 0.1) is 22.5 Å². The third-order valence-corrected chi connectivity index (χ3v) is 2.92. The first-order valence-electron chi connectivity index (χ1n) is 6.56. The van der Waals surface area contributed by atoms with Crippen LogP contribution in [0, 0.1) is 6.92 Å². The Kier molecular flexibility index (Phi) is 3.79. The van der Waals surface area contributed by atoms with Crippen LogP contribution in [-0.4, -0.2) is 15.7 Å². The number of carbonyl (C=O) groups is 1. The molecule has 20 heavy (non-hydrogen) atoms. The maximum Gasteiger partial charge on any atom is 0.273 e. The molecule has 0 aliphatic carbocycles. The molecule has 2 aromatic rings. The van der Waals surface area contributed by atoms with Gasteiger partial charge >= 0.3 is 0 Å². The van der Waals surface area contributed by atoms with Crippen LogP contribution >= 0.6 is 0 Å². The summed E-state index contributed by atoms with van der Waals surface area (Å²) < 4.78 is 1.81. The van der Waals surface area contributed by atoms with Crippen LogP contribution in [0.15, 0.2) is 36.5 Å². The summed E-state index contributed by atoms with van der Waals surface area (Å²) in [6, 6.07) is 9.48. The number of nitrogens with one attached hydrogen (secondary N) is 2. The maximum absolute atomic E-state index is 12.2. The Labute approximate surface area is 119 Å². The van der Waals surface area contributed by atoms with Gasteiger partial charge in [-0.1, -0.05) is 18.2 Å². The molecule has 0 spiro atoms. The van der Waals surface area contributed by atoms with E-state index in [1.54, 1.807) is 10.9 Å². The van der Waals surface area contributed by atoms with Gasteiger partial charge in [0.15, 0.2) is 0 Å². The molecule has 1 heterocycles. The molecule has 1 aromatic carbocycles. The topological polar surface area (TPSA) is 59.0 Å². The number of hydrogen-bond acceptors (Lipinski definition) is 3. The molecule has 5 heteroatoms. The number of amides is 1. The van der Waals surface area contributed by atoms with E-state index in [2.05, 4.69) is 16.0 Å². The molecule has 2 rings (SSSR count). The first-order chi connectivity index (χ1) is 9.38. The molecule has 1 aromatic heterocycles. The van der Waals surface area contributed by atoms with E-state index >= 15 is 0 Å². The van der Waals surface area contributed by atoms with E-state index in [4.69, 9.17) is 0 Å². The van der Waals surface area contributed by atoms with Crippen molar-refractivity contribution in [2.24, 2.45) is 0 Å². The van der Waals surface area contributed by atoms with Crippen LogP contribution in [0.5, 0.6) is 0 Å². The zero-order chi connectivity index (χ0) is 14.8. The molecular formula is C15H20N4O. The van der Waals surface area contributed by atoms with Crippen LogP contribution in [0.2, 0.25) is 0 Å². The molecule has 106 valence electrons. The van der Waals surface area contributed by atoms with E-state index in [9.17, 15) is 4.79 Å². The van der Waals surface area contributed by atoms with E-state index in [1.807, 2.05) is 58.0 Å². The van der Waals surface area contributed by atoms with E-state index in [0.717, 1.165) is 5.69 Å². The van der Waals surface area contributed by atoms with Crippen molar-refractivity contribution >= 4 is 11.6 Å². The van der Waals surface area contributed by atoms with Crippen molar-refractivity contribution < 1.29 is 4.79 Å². The van der Waals surface area contributed by atoms with Crippen molar-refractivity contribution in [2.75, 3.05) is 5.43 Å². The Morgan fingerprint density at radius 2 is 1.85 bits per heavy atom. The quantitative estimate of drug-likeness (QED) is 0.845. The Morgan fingerprint density at radius 3 is 2.40 bits per heavy atom. The number of rotatable bonds is 3. The van der Waals surface area contributed by atoms with Crippen molar-refractivity contribution in [3.63, 3.8) is 0 Å². The van der Waals surface area contributed by atoms with Crippen LogP contribution in [0.25, 0.3) is 0 Å². The molecule has 0 aliphatic rings. The third kappa shape index (κ3) is 3.17. The number of anilines is 1. The first kappa shape index (κ1) is 14.1. The summed E-state index contributed by atoms with van der Waals surface area (Å²) in [5.74, 6) is -0.193. The van der Waals surface area contributed by atoms with Gasteiger partial charge in [0.25, 0.3) is 5.91 Å². The molecule has 0 aliphatic heterocycles. The minimum Gasteiger partial charge on any atom is -0.298 e. The van der Waals surface area contributed by atoms with Gasteiger partial charge in [-0.2, -0.15) is 5.10 Å². The number of hydrogen-bond donors (Lipinski definition) is 2. The van der Waals surface area contributed by atoms with Crippen LogP contribution in [0.3, 0.4) is 0 Å². The molecule has 5 nitrogen and oxygen atoms in total. The van der Waals surface area contributed by atoms with Gasteiger partial charge < -0.3 is 0 Å². The number of hydrazine groups is 1. The second-order valence-electron chi connectivity index (χ2n) is 5.69. The minimum absolute atomic E-state index is 0.143. The molecule has 0 saturated carbocycles. The van der Waals surface area contributed by atoms with Gasteiger partial charge in [0.1, 0.15) is 0 Å². The number of aryl methyl sites for hydroxylation is 1. The summed E-state index contributed by atoms with van der Waals surface area (Å²) in [5, 5.41) is 4.39. The highest BCUT2D eigenvalue weighted by Gasteiger charge is 2.19. The Balaban J connectivity index is 2.08. The van der Waals surface area contributed by atoms with Crippen molar-refractivity contribution in [2.45, 2.75) is 33.2 Å². The second kappa shape index (κ2) is 5.36.